The van der Waals surface area contributed by atoms with Gasteiger partial charge < -0.3 is 15.2 Å². The number of nitrogens with two attached hydrogens (primary N) is 1. The van der Waals surface area contributed by atoms with E-state index in [9.17, 15) is 0 Å². The molecular weight excluding hydrogens is 118 g/mol. The van der Waals surface area contributed by atoms with Crippen molar-refractivity contribution in [2.45, 2.75) is 19.1 Å². The monoisotopic (exact) mass is 131 g/mol. The molecule has 54 valence electrons. The molecule has 9 heavy (non-hydrogen) atoms. The van der Waals surface area contributed by atoms with Gasteiger partial charge in [0.2, 0.25) is 0 Å². The third kappa shape index (κ3) is 1.64. The predicted octanol–water partition coefficient (Wildman–Crippen LogP) is -0.251. The first kappa shape index (κ1) is 6.99. The van der Waals surface area contributed by atoms with Crippen molar-refractivity contribution in [1.82, 2.24) is 0 Å². The molecule has 1 aliphatic rings. The van der Waals surface area contributed by atoms with E-state index in [1.807, 2.05) is 6.92 Å². The van der Waals surface area contributed by atoms with E-state index in [1.54, 1.807) is 0 Å². The smallest absolute Gasteiger partial charge is 0.0981 e. The number of rotatable bonds is 2. The van der Waals surface area contributed by atoms with Crippen molar-refractivity contribution in [2.75, 3.05) is 19.8 Å². The maximum atomic E-state index is 5.62. The van der Waals surface area contributed by atoms with Gasteiger partial charge in [-0.2, -0.15) is 0 Å². The molecule has 3 nitrogen and oxygen atoms in total. The first-order valence-corrected chi connectivity index (χ1v) is 3.29. The summed E-state index contributed by atoms with van der Waals surface area (Å²) in [4.78, 5) is 0. The Kier molecular flexibility index (Phi) is 2.45. The molecule has 3 heteroatoms. The molecule has 0 aromatic rings. The quantitative estimate of drug-likeness (QED) is 0.562. The van der Waals surface area contributed by atoms with Gasteiger partial charge >= 0.3 is 0 Å². The van der Waals surface area contributed by atoms with Gasteiger partial charge in [-0.05, 0) is 6.92 Å². The Morgan fingerprint density at radius 1 is 1.67 bits per heavy atom. The van der Waals surface area contributed by atoms with Crippen LogP contribution in [0.2, 0.25) is 0 Å². The highest BCUT2D eigenvalue weighted by molar-refractivity contribution is 4.78. The maximum absolute atomic E-state index is 5.62. The average Bonchev–Trinajstić information content (AvgIpc) is 2.18. The van der Waals surface area contributed by atoms with E-state index in [0.29, 0.717) is 13.2 Å². The van der Waals surface area contributed by atoms with Crippen molar-refractivity contribution >= 4 is 0 Å². The van der Waals surface area contributed by atoms with Crippen LogP contribution in [-0.4, -0.2) is 32.0 Å². The molecule has 0 saturated carbocycles. The van der Waals surface area contributed by atoms with Gasteiger partial charge in [0, 0.05) is 6.61 Å². The second kappa shape index (κ2) is 3.15. The highest BCUT2D eigenvalue weighted by atomic mass is 16.5. The Balaban J connectivity index is 2.22. The minimum absolute atomic E-state index is 0.0879. The third-order valence-corrected chi connectivity index (χ3v) is 1.45. The summed E-state index contributed by atoms with van der Waals surface area (Å²) in [6.45, 7) is 3.99. The van der Waals surface area contributed by atoms with E-state index < -0.39 is 0 Å². The summed E-state index contributed by atoms with van der Waals surface area (Å²) in [5.41, 5.74) is 5.62. The highest BCUT2D eigenvalue weighted by Gasteiger charge is 2.24. The van der Waals surface area contributed by atoms with Crippen LogP contribution in [0.4, 0.5) is 0 Å². The second-order valence-corrected chi connectivity index (χ2v) is 2.20. The molecule has 2 N–H and O–H groups in total. The first-order valence-electron chi connectivity index (χ1n) is 3.29. The lowest BCUT2D eigenvalue weighted by atomic mass is 10.2. The topological polar surface area (TPSA) is 44.5 Å². The number of ether oxygens (including phenoxy) is 2. The first-order chi connectivity index (χ1) is 4.34. The van der Waals surface area contributed by atoms with Gasteiger partial charge in [-0.15, -0.1) is 0 Å². The van der Waals surface area contributed by atoms with Gasteiger partial charge in [-0.3, -0.25) is 0 Å². The van der Waals surface area contributed by atoms with Crippen LogP contribution in [0, 0.1) is 0 Å². The molecule has 0 radical (unpaired) electrons. The Morgan fingerprint density at radius 3 is 2.89 bits per heavy atom. The van der Waals surface area contributed by atoms with Crippen molar-refractivity contribution in [2.24, 2.45) is 5.73 Å². The van der Waals surface area contributed by atoms with Crippen molar-refractivity contribution < 1.29 is 9.47 Å². The summed E-state index contributed by atoms with van der Waals surface area (Å²) in [5, 5.41) is 0. The SMILES string of the molecule is CCOC1COCC1N. The van der Waals surface area contributed by atoms with E-state index in [4.69, 9.17) is 15.2 Å². The van der Waals surface area contributed by atoms with Crippen LogP contribution < -0.4 is 5.73 Å². The molecule has 0 aliphatic carbocycles. The van der Waals surface area contributed by atoms with E-state index >= 15 is 0 Å². The average molecular weight is 131 g/mol. The lowest BCUT2D eigenvalue weighted by molar-refractivity contribution is 0.0458. The predicted molar refractivity (Wildman–Crippen MR) is 34.2 cm³/mol. The van der Waals surface area contributed by atoms with E-state index in [-0.39, 0.29) is 12.1 Å². The molecule has 0 aromatic heterocycles. The molecule has 0 aromatic carbocycles. The van der Waals surface area contributed by atoms with Crippen LogP contribution in [0.1, 0.15) is 6.92 Å². The molecule has 1 fully saturated rings. The van der Waals surface area contributed by atoms with E-state index in [1.165, 1.54) is 0 Å². The summed E-state index contributed by atoms with van der Waals surface area (Å²) in [7, 11) is 0. The molecule has 1 aliphatic heterocycles. The number of hydrogen-bond acceptors (Lipinski definition) is 3. The summed E-state index contributed by atoms with van der Waals surface area (Å²) in [6, 6.07) is 0.0879. The highest BCUT2D eigenvalue weighted by Crippen LogP contribution is 2.06. The second-order valence-electron chi connectivity index (χ2n) is 2.20. The minimum Gasteiger partial charge on any atom is -0.377 e. The van der Waals surface area contributed by atoms with Crippen LogP contribution in [0.5, 0.6) is 0 Å². The molecular formula is C6H13NO2. The molecule has 1 saturated heterocycles. The largest absolute Gasteiger partial charge is 0.377 e. The van der Waals surface area contributed by atoms with Crippen LogP contribution in [0.3, 0.4) is 0 Å². The summed E-state index contributed by atoms with van der Waals surface area (Å²) < 4.78 is 10.3. The van der Waals surface area contributed by atoms with Crippen molar-refractivity contribution in [3.63, 3.8) is 0 Å². The third-order valence-electron chi connectivity index (χ3n) is 1.45. The Hall–Kier alpha value is -0.120. The zero-order valence-electron chi connectivity index (χ0n) is 5.67. The molecule has 0 spiro atoms. The van der Waals surface area contributed by atoms with Gasteiger partial charge in [0.25, 0.3) is 0 Å². The lowest BCUT2D eigenvalue weighted by Gasteiger charge is -2.11. The van der Waals surface area contributed by atoms with Gasteiger partial charge in [-0.1, -0.05) is 0 Å². The van der Waals surface area contributed by atoms with Crippen molar-refractivity contribution in [1.29, 1.82) is 0 Å². The van der Waals surface area contributed by atoms with Gasteiger partial charge in [-0.25, -0.2) is 0 Å². The fourth-order valence-electron chi connectivity index (χ4n) is 0.937. The van der Waals surface area contributed by atoms with Gasteiger partial charge in [0.1, 0.15) is 0 Å². The Bertz CT molecular complexity index is 87.1. The van der Waals surface area contributed by atoms with Crippen LogP contribution in [-0.2, 0) is 9.47 Å². The Labute approximate surface area is 55.1 Å². The van der Waals surface area contributed by atoms with Crippen molar-refractivity contribution in [3.05, 3.63) is 0 Å². The van der Waals surface area contributed by atoms with Crippen LogP contribution in [0.25, 0.3) is 0 Å². The van der Waals surface area contributed by atoms with Crippen LogP contribution >= 0.6 is 0 Å². The summed E-state index contributed by atoms with van der Waals surface area (Å²) in [6.07, 6.45) is 0.134. The van der Waals surface area contributed by atoms with Crippen molar-refractivity contribution in [3.8, 4) is 0 Å². The lowest BCUT2D eigenvalue weighted by Crippen LogP contribution is -2.35. The molecule has 2 atom stereocenters. The van der Waals surface area contributed by atoms with Gasteiger partial charge in [0.05, 0.1) is 25.4 Å². The van der Waals surface area contributed by atoms with Gasteiger partial charge in [0.15, 0.2) is 0 Å². The standard InChI is InChI=1S/C6H13NO2/c1-2-9-6-4-8-3-5(6)7/h5-6H,2-4,7H2,1H3. The molecule has 1 heterocycles. The fourth-order valence-corrected chi connectivity index (χ4v) is 0.937. The summed E-state index contributed by atoms with van der Waals surface area (Å²) in [5.74, 6) is 0. The molecule has 1 rings (SSSR count). The molecule has 0 amide bonds. The van der Waals surface area contributed by atoms with Crippen LogP contribution in [0.15, 0.2) is 0 Å². The maximum Gasteiger partial charge on any atom is 0.0981 e. The minimum atomic E-state index is 0.0879. The van der Waals surface area contributed by atoms with E-state index in [2.05, 4.69) is 0 Å². The molecule has 0 bridgehead atoms. The molecule has 2 unspecified atom stereocenters. The zero-order valence-corrected chi connectivity index (χ0v) is 5.67. The normalized spacial score (nSPS) is 35.3. The zero-order chi connectivity index (χ0) is 6.69. The number of hydrogen-bond donors (Lipinski definition) is 1. The fraction of sp³-hybridized carbons (Fsp3) is 1.00. The Morgan fingerprint density at radius 2 is 2.44 bits per heavy atom. The summed E-state index contributed by atoms with van der Waals surface area (Å²) >= 11 is 0. The van der Waals surface area contributed by atoms with E-state index in [0.717, 1.165) is 6.61 Å².